The van der Waals surface area contributed by atoms with E-state index in [1.165, 1.54) is 22.3 Å². The summed E-state index contributed by atoms with van der Waals surface area (Å²) in [6.07, 6.45) is 1.01. The lowest BCUT2D eigenvalue weighted by molar-refractivity contribution is -0.0668. The SMILES string of the molecule is Cc1ccc(C2(CC(C)N)COC2)c(C)c1C. The zero-order chi connectivity index (χ0) is 12.6. The van der Waals surface area contributed by atoms with Crippen molar-refractivity contribution in [3.05, 3.63) is 34.4 Å². The molecule has 94 valence electrons. The zero-order valence-electron chi connectivity index (χ0n) is 11.3. The fraction of sp³-hybridized carbons (Fsp3) is 0.600. The van der Waals surface area contributed by atoms with E-state index in [9.17, 15) is 0 Å². The summed E-state index contributed by atoms with van der Waals surface area (Å²) in [6, 6.07) is 4.71. The summed E-state index contributed by atoms with van der Waals surface area (Å²) in [5.41, 5.74) is 11.8. The van der Waals surface area contributed by atoms with Gasteiger partial charge in [0.1, 0.15) is 0 Å². The van der Waals surface area contributed by atoms with Crippen molar-refractivity contribution in [2.24, 2.45) is 5.73 Å². The summed E-state index contributed by atoms with van der Waals surface area (Å²) >= 11 is 0. The van der Waals surface area contributed by atoms with E-state index in [1.807, 2.05) is 0 Å². The second-order valence-electron chi connectivity index (χ2n) is 5.63. The van der Waals surface area contributed by atoms with Crippen molar-refractivity contribution < 1.29 is 4.74 Å². The Hall–Kier alpha value is -0.860. The number of nitrogens with two attached hydrogens (primary N) is 1. The standard InChI is InChI=1S/C15H23NO/c1-10-5-6-14(13(4)12(10)3)15(7-11(2)16)8-17-9-15/h5-6,11H,7-9,16H2,1-4H3. The molecule has 1 aliphatic heterocycles. The number of aryl methyl sites for hydroxylation is 1. The summed E-state index contributed by atoms with van der Waals surface area (Å²) < 4.78 is 5.46. The van der Waals surface area contributed by atoms with Gasteiger partial charge in [-0.25, -0.2) is 0 Å². The van der Waals surface area contributed by atoms with Gasteiger partial charge in [0.15, 0.2) is 0 Å². The molecule has 17 heavy (non-hydrogen) atoms. The summed E-state index contributed by atoms with van der Waals surface area (Å²) in [5, 5.41) is 0. The third-order valence-electron chi connectivity index (χ3n) is 4.10. The van der Waals surface area contributed by atoms with Crippen LogP contribution in [-0.4, -0.2) is 19.3 Å². The molecule has 0 saturated carbocycles. The Balaban J connectivity index is 2.41. The summed E-state index contributed by atoms with van der Waals surface area (Å²) in [6.45, 7) is 10.3. The molecular weight excluding hydrogens is 210 g/mol. The molecule has 2 nitrogen and oxygen atoms in total. The Morgan fingerprint density at radius 3 is 2.35 bits per heavy atom. The van der Waals surface area contributed by atoms with Crippen LogP contribution >= 0.6 is 0 Å². The monoisotopic (exact) mass is 233 g/mol. The Kier molecular flexibility index (Phi) is 3.28. The van der Waals surface area contributed by atoms with Crippen LogP contribution < -0.4 is 5.73 Å². The van der Waals surface area contributed by atoms with Gasteiger partial charge in [-0.05, 0) is 56.4 Å². The van der Waals surface area contributed by atoms with E-state index in [1.54, 1.807) is 0 Å². The van der Waals surface area contributed by atoms with Crippen LogP contribution in [0.25, 0.3) is 0 Å². The van der Waals surface area contributed by atoms with Gasteiger partial charge in [0.2, 0.25) is 0 Å². The Morgan fingerprint density at radius 2 is 1.88 bits per heavy atom. The van der Waals surface area contributed by atoms with Crippen molar-refractivity contribution in [1.29, 1.82) is 0 Å². The van der Waals surface area contributed by atoms with Gasteiger partial charge in [-0.15, -0.1) is 0 Å². The van der Waals surface area contributed by atoms with Crippen LogP contribution in [0, 0.1) is 20.8 Å². The van der Waals surface area contributed by atoms with Gasteiger partial charge < -0.3 is 10.5 Å². The molecule has 1 heterocycles. The smallest absolute Gasteiger partial charge is 0.0586 e. The molecule has 0 radical (unpaired) electrons. The number of ether oxygens (including phenoxy) is 1. The molecule has 2 rings (SSSR count). The predicted octanol–water partition coefficient (Wildman–Crippen LogP) is 2.62. The first-order chi connectivity index (χ1) is 7.96. The highest BCUT2D eigenvalue weighted by atomic mass is 16.5. The third-order valence-corrected chi connectivity index (χ3v) is 4.10. The molecule has 1 fully saturated rings. The highest BCUT2D eigenvalue weighted by Crippen LogP contribution is 2.39. The second-order valence-corrected chi connectivity index (χ2v) is 5.63. The van der Waals surface area contributed by atoms with Crippen LogP contribution in [0.15, 0.2) is 12.1 Å². The molecule has 2 N–H and O–H groups in total. The first kappa shape index (κ1) is 12.6. The third kappa shape index (κ3) is 2.12. The fourth-order valence-corrected chi connectivity index (χ4v) is 2.88. The lowest BCUT2D eigenvalue weighted by Crippen LogP contribution is -2.50. The Labute approximate surface area is 104 Å². The second kappa shape index (κ2) is 4.43. The van der Waals surface area contributed by atoms with Crippen molar-refractivity contribution in [3.8, 4) is 0 Å². The molecule has 0 spiro atoms. The maximum absolute atomic E-state index is 5.99. The predicted molar refractivity (Wildman–Crippen MR) is 71.4 cm³/mol. The van der Waals surface area contributed by atoms with Crippen molar-refractivity contribution in [3.63, 3.8) is 0 Å². The molecule has 1 aromatic carbocycles. The van der Waals surface area contributed by atoms with Crippen molar-refractivity contribution in [2.45, 2.75) is 45.6 Å². The van der Waals surface area contributed by atoms with Gasteiger partial charge in [-0.2, -0.15) is 0 Å². The van der Waals surface area contributed by atoms with Crippen LogP contribution in [0.4, 0.5) is 0 Å². The van der Waals surface area contributed by atoms with E-state index in [4.69, 9.17) is 10.5 Å². The molecule has 1 saturated heterocycles. The quantitative estimate of drug-likeness (QED) is 0.871. The van der Waals surface area contributed by atoms with E-state index < -0.39 is 0 Å². The van der Waals surface area contributed by atoms with Gasteiger partial charge in [0, 0.05) is 11.5 Å². The van der Waals surface area contributed by atoms with E-state index in [0.29, 0.717) is 0 Å². The molecular formula is C15H23NO. The van der Waals surface area contributed by atoms with E-state index in [2.05, 4.69) is 39.8 Å². The van der Waals surface area contributed by atoms with Crippen LogP contribution in [0.3, 0.4) is 0 Å². The molecule has 1 atom stereocenters. The van der Waals surface area contributed by atoms with Gasteiger partial charge in [0.25, 0.3) is 0 Å². The van der Waals surface area contributed by atoms with E-state index in [-0.39, 0.29) is 11.5 Å². The molecule has 0 aliphatic carbocycles. The minimum atomic E-state index is 0.163. The van der Waals surface area contributed by atoms with E-state index in [0.717, 1.165) is 19.6 Å². The zero-order valence-corrected chi connectivity index (χ0v) is 11.3. The average Bonchev–Trinajstić information content (AvgIpc) is 2.21. The summed E-state index contributed by atoms with van der Waals surface area (Å²) in [7, 11) is 0. The minimum absolute atomic E-state index is 0.163. The molecule has 1 aliphatic rings. The highest BCUT2D eigenvalue weighted by molar-refractivity contribution is 5.44. The summed E-state index contributed by atoms with van der Waals surface area (Å²) in [5.74, 6) is 0. The molecule has 2 heteroatoms. The molecule has 0 bridgehead atoms. The van der Waals surface area contributed by atoms with Crippen LogP contribution in [0.5, 0.6) is 0 Å². The lowest BCUT2D eigenvalue weighted by Gasteiger charge is -2.44. The molecule has 1 aromatic rings. The normalized spacial score (nSPS) is 19.8. The molecule has 0 amide bonds. The Morgan fingerprint density at radius 1 is 1.24 bits per heavy atom. The Bertz CT molecular complexity index is 419. The summed E-state index contributed by atoms with van der Waals surface area (Å²) in [4.78, 5) is 0. The maximum Gasteiger partial charge on any atom is 0.0586 e. The van der Waals surface area contributed by atoms with Crippen molar-refractivity contribution >= 4 is 0 Å². The number of benzene rings is 1. The van der Waals surface area contributed by atoms with Gasteiger partial charge in [0.05, 0.1) is 13.2 Å². The van der Waals surface area contributed by atoms with E-state index >= 15 is 0 Å². The average molecular weight is 233 g/mol. The topological polar surface area (TPSA) is 35.2 Å². The largest absolute Gasteiger partial charge is 0.379 e. The van der Waals surface area contributed by atoms with Gasteiger partial charge in [-0.1, -0.05) is 12.1 Å². The lowest BCUT2D eigenvalue weighted by atomic mass is 9.71. The van der Waals surface area contributed by atoms with Crippen LogP contribution in [-0.2, 0) is 10.2 Å². The van der Waals surface area contributed by atoms with Gasteiger partial charge in [-0.3, -0.25) is 0 Å². The highest BCUT2D eigenvalue weighted by Gasteiger charge is 2.41. The first-order valence-corrected chi connectivity index (χ1v) is 6.37. The number of hydrogen-bond acceptors (Lipinski definition) is 2. The van der Waals surface area contributed by atoms with Crippen molar-refractivity contribution in [1.82, 2.24) is 0 Å². The maximum atomic E-state index is 5.99. The first-order valence-electron chi connectivity index (χ1n) is 6.37. The molecule has 0 aromatic heterocycles. The fourth-order valence-electron chi connectivity index (χ4n) is 2.88. The minimum Gasteiger partial charge on any atom is -0.379 e. The number of rotatable bonds is 3. The molecule has 1 unspecified atom stereocenters. The van der Waals surface area contributed by atoms with Crippen LogP contribution in [0.2, 0.25) is 0 Å². The van der Waals surface area contributed by atoms with Crippen LogP contribution in [0.1, 0.15) is 35.6 Å². The number of hydrogen-bond donors (Lipinski definition) is 1. The van der Waals surface area contributed by atoms with Gasteiger partial charge >= 0.3 is 0 Å². The van der Waals surface area contributed by atoms with Crippen molar-refractivity contribution in [2.75, 3.05) is 13.2 Å².